The average Bonchev–Trinajstić information content (AvgIpc) is 2.89. The zero-order valence-electron chi connectivity index (χ0n) is 13.9. The van der Waals surface area contributed by atoms with Crippen molar-refractivity contribution >= 4 is 28.6 Å². The second-order valence-corrected chi connectivity index (χ2v) is 6.27. The van der Waals surface area contributed by atoms with Crippen molar-refractivity contribution in [2.45, 2.75) is 26.4 Å². The number of imidazole rings is 1. The van der Waals surface area contributed by atoms with E-state index < -0.39 is 6.10 Å². The summed E-state index contributed by atoms with van der Waals surface area (Å²) in [5.74, 6) is 0.409. The number of hydrogen-bond donors (Lipinski definition) is 0. The number of rotatable bonds is 4. The van der Waals surface area contributed by atoms with Crippen molar-refractivity contribution in [3.05, 3.63) is 64.4 Å². The number of aryl methyl sites for hydroxylation is 2. The van der Waals surface area contributed by atoms with Crippen LogP contribution < -0.4 is 0 Å². The Kier molecular flexibility index (Phi) is 4.58. The third kappa shape index (κ3) is 3.15. The number of esters is 1. The SMILES string of the molecule is Cc1cccc(Cl)c1CC(=O)O[C@H](C)c1nc2ccccc2n1C. The van der Waals surface area contributed by atoms with Crippen molar-refractivity contribution in [1.29, 1.82) is 0 Å². The van der Waals surface area contributed by atoms with Crippen LogP contribution in [0.2, 0.25) is 5.02 Å². The van der Waals surface area contributed by atoms with Gasteiger partial charge < -0.3 is 9.30 Å². The van der Waals surface area contributed by atoms with Crippen LogP contribution in [0.25, 0.3) is 11.0 Å². The van der Waals surface area contributed by atoms with Crippen molar-refractivity contribution in [3.8, 4) is 0 Å². The molecule has 0 bridgehead atoms. The summed E-state index contributed by atoms with van der Waals surface area (Å²) in [7, 11) is 1.92. The highest BCUT2D eigenvalue weighted by molar-refractivity contribution is 6.31. The number of halogens is 1. The lowest BCUT2D eigenvalue weighted by Gasteiger charge is -2.14. The minimum atomic E-state index is -0.433. The predicted octanol–water partition coefficient (Wildman–Crippen LogP) is 4.38. The quantitative estimate of drug-likeness (QED) is 0.661. The van der Waals surface area contributed by atoms with Crippen LogP contribution in [-0.4, -0.2) is 15.5 Å². The van der Waals surface area contributed by atoms with Crippen molar-refractivity contribution in [2.75, 3.05) is 0 Å². The highest BCUT2D eigenvalue weighted by Gasteiger charge is 2.19. The first kappa shape index (κ1) is 16.5. The highest BCUT2D eigenvalue weighted by atomic mass is 35.5. The van der Waals surface area contributed by atoms with E-state index >= 15 is 0 Å². The smallest absolute Gasteiger partial charge is 0.311 e. The Bertz CT molecular complexity index is 881. The molecular formula is C19H19ClN2O2. The van der Waals surface area contributed by atoms with Gasteiger partial charge in [0, 0.05) is 12.1 Å². The molecule has 0 aliphatic carbocycles. The van der Waals surface area contributed by atoms with Gasteiger partial charge in [0.05, 0.1) is 17.5 Å². The molecule has 0 amide bonds. The molecule has 0 saturated heterocycles. The third-order valence-electron chi connectivity index (χ3n) is 4.17. The number of carbonyl (C=O) groups is 1. The summed E-state index contributed by atoms with van der Waals surface area (Å²) in [6.45, 7) is 3.77. The van der Waals surface area contributed by atoms with Gasteiger partial charge in [-0.05, 0) is 43.2 Å². The largest absolute Gasteiger partial charge is 0.454 e. The van der Waals surface area contributed by atoms with Crippen LogP contribution in [0.3, 0.4) is 0 Å². The summed E-state index contributed by atoms with van der Waals surface area (Å²) in [5, 5.41) is 0.585. The second kappa shape index (κ2) is 6.65. The second-order valence-electron chi connectivity index (χ2n) is 5.86. The molecule has 1 heterocycles. The number of fused-ring (bicyclic) bond motifs is 1. The number of benzene rings is 2. The number of nitrogens with zero attached hydrogens (tertiary/aromatic N) is 2. The first-order valence-corrected chi connectivity index (χ1v) is 8.20. The van der Waals surface area contributed by atoms with Gasteiger partial charge in [-0.2, -0.15) is 0 Å². The van der Waals surface area contributed by atoms with Gasteiger partial charge in [-0.15, -0.1) is 0 Å². The molecule has 1 aromatic heterocycles. The van der Waals surface area contributed by atoms with Gasteiger partial charge in [0.25, 0.3) is 0 Å². The fourth-order valence-electron chi connectivity index (χ4n) is 2.85. The maximum Gasteiger partial charge on any atom is 0.311 e. The Balaban J connectivity index is 1.77. The van der Waals surface area contributed by atoms with Crippen LogP contribution >= 0.6 is 11.6 Å². The van der Waals surface area contributed by atoms with Crippen molar-refractivity contribution < 1.29 is 9.53 Å². The zero-order valence-corrected chi connectivity index (χ0v) is 14.7. The molecule has 0 fully saturated rings. The molecule has 5 heteroatoms. The van der Waals surface area contributed by atoms with Gasteiger partial charge >= 0.3 is 5.97 Å². The topological polar surface area (TPSA) is 44.1 Å². The van der Waals surface area contributed by atoms with Gasteiger partial charge in [0.15, 0.2) is 11.9 Å². The molecule has 0 saturated carbocycles. The Morgan fingerprint density at radius 2 is 2.00 bits per heavy atom. The van der Waals surface area contributed by atoms with Crippen LogP contribution in [0.15, 0.2) is 42.5 Å². The summed E-state index contributed by atoms with van der Waals surface area (Å²) >= 11 is 6.18. The minimum Gasteiger partial charge on any atom is -0.454 e. The van der Waals surface area contributed by atoms with E-state index in [1.807, 2.05) is 61.9 Å². The predicted molar refractivity (Wildman–Crippen MR) is 95.1 cm³/mol. The Morgan fingerprint density at radius 3 is 2.71 bits per heavy atom. The fourth-order valence-corrected chi connectivity index (χ4v) is 3.14. The van der Waals surface area contributed by atoms with Gasteiger partial charge in [0.1, 0.15) is 0 Å². The van der Waals surface area contributed by atoms with Gasteiger partial charge in [-0.25, -0.2) is 4.98 Å². The molecule has 0 N–H and O–H groups in total. The van der Waals surface area contributed by atoms with E-state index in [0.29, 0.717) is 5.02 Å². The monoisotopic (exact) mass is 342 g/mol. The lowest BCUT2D eigenvalue weighted by Crippen LogP contribution is -2.15. The molecule has 2 aromatic carbocycles. The fraction of sp³-hybridized carbons (Fsp3) is 0.263. The van der Waals surface area contributed by atoms with E-state index in [-0.39, 0.29) is 12.4 Å². The van der Waals surface area contributed by atoms with Crippen LogP contribution in [0.1, 0.15) is 30.0 Å². The minimum absolute atomic E-state index is 0.153. The molecule has 3 rings (SSSR count). The number of para-hydroxylation sites is 2. The van der Waals surface area contributed by atoms with Gasteiger partial charge in [-0.1, -0.05) is 35.9 Å². The van der Waals surface area contributed by atoms with Crippen molar-refractivity contribution in [1.82, 2.24) is 9.55 Å². The standard InChI is InChI=1S/C19H19ClN2O2/c1-12-7-6-8-15(20)14(12)11-18(23)24-13(2)19-21-16-9-4-5-10-17(16)22(19)3/h4-10,13H,11H2,1-3H3/t13-/m1/s1. The molecular weight excluding hydrogens is 324 g/mol. The Labute approximate surface area is 146 Å². The van der Waals surface area contributed by atoms with Gasteiger partial charge in [0.2, 0.25) is 0 Å². The zero-order chi connectivity index (χ0) is 17.3. The summed E-state index contributed by atoms with van der Waals surface area (Å²) in [5.41, 5.74) is 3.69. The Morgan fingerprint density at radius 1 is 1.25 bits per heavy atom. The van der Waals surface area contributed by atoms with E-state index in [1.165, 1.54) is 0 Å². The van der Waals surface area contributed by atoms with E-state index in [1.54, 1.807) is 6.07 Å². The molecule has 0 unspecified atom stereocenters. The third-order valence-corrected chi connectivity index (χ3v) is 4.52. The van der Waals surface area contributed by atoms with Crippen LogP contribution in [0.4, 0.5) is 0 Å². The van der Waals surface area contributed by atoms with Crippen LogP contribution in [0.5, 0.6) is 0 Å². The average molecular weight is 343 g/mol. The molecule has 0 radical (unpaired) electrons. The molecule has 0 aliphatic rings. The lowest BCUT2D eigenvalue weighted by atomic mass is 10.1. The molecule has 3 aromatic rings. The normalized spacial score (nSPS) is 12.3. The molecule has 0 spiro atoms. The van der Waals surface area contributed by atoms with E-state index in [2.05, 4.69) is 4.98 Å². The number of ether oxygens (including phenoxy) is 1. The van der Waals surface area contributed by atoms with Crippen molar-refractivity contribution in [2.24, 2.45) is 7.05 Å². The number of carbonyl (C=O) groups excluding carboxylic acids is 1. The summed E-state index contributed by atoms with van der Waals surface area (Å²) in [4.78, 5) is 16.9. The maximum absolute atomic E-state index is 12.3. The summed E-state index contributed by atoms with van der Waals surface area (Å²) < 4.78 is 7.53. The van der Waals surface area contributed by atoms with Crippen LogP contribution in [-0.2, 0) is 23.0 Å². The number of aromatic nitrogens is 2. The highest BCUT2D eigenvalue weighted by Crippen LogP contribution is 2.24. The molecule has 1 atom stereocenters. The summed E-state index contributed by atoms with van der Waals surface area (Å²) in [6.07, 6.45) is -0.280. The molecule has 0 aliphatic heterocycles. The number of hydrogen-bond acceptors (Lipinski definition) is 3. The molecule has 124 valence electrons. The van der Waals surface area contributed by atoms with E-state index in [9.17, 15) is 4.79 Å². The molecule has 24 heavy (non-hydrogen) atoms. The van der Waals surface area contributed by atoms with Gasteiger partial charge in [-0.3, -0.25) is 4.79 Å². The molecule has 4 nitrogen and oxygen atoms in total. The first-order chi connectivity index (χ1) is 11.5. The van der Waals surface area contributed by atoms with Crippen molar-refractivity contribution in [3.63, 3.8) is 0 Å². The van der Waals surface area contributed by atoms with Crippen LogP contribution in [0, 0.1) is 6.92 Å². The maximum atomic E-state index is 12.3. The van der Waals surface area contributed by atoms with E-state index in [4.69, 9.17) is 16.3 Å². The van der Waals surface area contributed by atoms with E-state index in [0.717, 1.165) is 28.0 Å². The summed E-state index contributed by atoms with van der Waals surface area (Å²) in [6, 6.07) is 13.4. The Hall–Kier alpha value is -2.33. The first-order valence-electron chi connectivity index (χ1n) is 7.82. The lowest BCUT2D eigenvalue weighted by molar-refractivity contribution is -0.148.